The number of rotatable bonds is 4. The minimum Gasteiger partial charge on any atom is -0.385 e. The highest BCUT2D eigenvalue weighted by molar-refractivity contribution is 5.40. The molecule has 2 nitrogen and oxygen atoms in total. The van der Waals surface area contributed by atoms with E-state index in [2.05, 4.69) is 32.0 Å². The second-order valence-electron chi connectivity index (χ2n) is 5.31. The molecular weight excluding hydrogens is 210 g/mol. The smallest absolute Gasteiger partial charge is 0.0942 e. The maximum atomic E-state index is 11.0. The Balaban J connectivity index is 2.38. The highest BCUT2D eigenvalue weighted by atomic mass is 16.3. The van der Waals surface area contributed by atoms with Crippen LogP contribution in [0.5, 0.6) is 0 Å². The number of benzene rings is 1. The van der Waals surface area contributed by atoms with E-state index in [0.717, 1.165) is 31.2 Å². The first kappa shape index (κ1) is 12.6. The highest BCUT2D eigenvalue weighted by Crippen LogP contribution is 2.43. The molecule has 0 amide bonds. The third kappa shape index (κ3) is 2.12. The molecule has 0 bridgehead atoms. The van der Waals surface area contributed by atoms with Gasteiger partial charge in [-0.15, -0.1) is 0 Å². The van der Waals surface area contributed by atoms with Crippen molar-refractivity contribution in [2.24, 2.45) is 11.7 Å². The molecule has 0 heterocycles. The third-order valence-electron chi connectivity index (χ3n) is 4.10. The van der Waals surface area contributed by atoms with Crippen molar-refractivity contribution in [2.45, 2.75) is 45.1 Å². The lowest BCUT2D eigenvalue weighted by Crippen LogP contribution is -2.37. The van der Waals surface area contributed by atoms with Gasteiger partial charge in [-0.1, -0.05) is 37.1 Å². The SMILES string of the molecule is CCCC(CN)C1(O)CCc2ccc(C)cc21. The van der Waals surface area contributed by atoms with Crippen molar-refractivity contribution in [1.82, 2.24) is 0 Å². The van der Waals surface area contributed by atoms with Crippen molar-refractivity contribution in [3.8, 4) is 0 Å². The fourth-order valence-corrected chi connectivity index (χ4v) is 3.10. The minimum absolute atomic E-state index is 0.190. The molecular formula is C15H23NO. The van der Waals surface area contributed by atoms with Gasteiger partial charge in [0, 0.05) is 5.92 Å². The van der Waals surface area contributed by atoms with Crippen molar-refractivity contribution >= 4 is 0 Å². The lowest BCUT2D eigenvalue weighted by atomic mass is 9.79. The summed E-state index contributed by atoms with van der Waals surface area (Å²) in [5.74, 6) is 0.190. The van der Waals surface area contributed by atoms with Gasteiger partial charge >= 0.3 is 0 Å². The Morgan fingerprint density at radius 3 is 2.88 bits per heavy atom. The van der Waals surface area contributed by atoms with E-state index in [1.807, 2.05) is 0 Å². The van der Waals surface area contributed by atoms with Crippen LogP contribution in [0, 0.1) is 12.8 Å². The van der Waals surface area contributed by atoms with Gasteiger partial charge in [-0.3, -0.25) is 0 Å². The van der Waals surface area contributed by atoms with Crippen LogP contribution < -0.4 is 5.73 Å². The summed E-state index contributed by atoms with van der Waals surface area (Å²) < 4.78 is 0. The maximum Gasteiger partial charge on any atom is 0.0942 e. The molecule has 3 N–H and O–H groups in total. The van der Waals surface area contributed by atoms with Gasteiger partial charge in [0.25, 0.3) is 0 Å². The second kappa shape index (κ2) is 4.79. The van der Waals surface area contributed by atoms with Crippen LogP contribution in [-0.2, 0) is 12.0 Å². The van der Waals surface area contributed by atoms with Crippen molar-refractivity contribution in [3.05, 3.63) is 34.9 Å². The fraction of sp³-hybridized carbons (Fsp3) is 0.600. The zero-order chi connectivity index (χ0) is 12.5. The Kier molecular flexibility index (Phi) is 3.55. The molecule has 1 aliphatic carbocycles. The molecule has 2 atom stereocenters. The molecule has 0 saturated heterocycles. The largest absolute Gasteiger partial charge is 0.385 e. The van der Waals surface area contributed by atoms with Crippen LogP contribution in [0.1, 0.15) is 42.9 Å². The zero-order valence-corrected chi connectivity index (χ0v) is 10.9. The van der Waals surface area contributed by atoms with Gasteiger partial charge in [-0.2, -0.15) is 0 Å². The monoisotopic (exact) mass is 233 g/mol. The summed E-state index contributed by atoms with van der Waals surface area (Å²) in [5.41, 5.74) is 8.81. The van der Waals surface area contributed by atoms with Crippen LogP contribution in [-0.4, -0.2) is 11.7 Å². The minimum atomic E-state index is -0.688. The van der Waals surface area contributed by atoms with Crippen LogP contribution in [0.3, 0.4) is 0 Å². The molecule has 1 aromatic rings. The van der Waals surface area contributed by atoms with Crippen LogP contribution in [0.15, 0.2) is 18.2 Å². The average Bonchev–Trinajstić information content (AvgIpc) is 2.65. The van der Waals surface area contributed by atoms with Gasteiger partial charge in [-0.05, 0) is 43.9 Å². The average molecular weight is 233 g/mol. The molecule has 0 aromatic heterocycles. The number of aryl methyl sites for hydroxylation is 2. The van der Waals surface area contributed by atoms with Crippen LogP contribution in [0.25, 0.3) is 0 Å². The first-order valence-electron chi connectivity index (χ1n) is 6.64. The second-order valence-corrected chi connectivity index (χ2v) is 5.31. The molecule has 0 saturated carbocycles. The first-order valence-corrected chi connectivity index (χ1v) is 6.64. The summed E-state index contributed by atoms with van der Waals surface area (Å²) in [6.45, 7) is 4.80. The highest BCUT2D eigenvalue weighted by Gasteiger charge is 2.42. The van der Waals surface area contributed by atoms with Crippen molar-refractivity contribution in [3.63, 3.8) is 0 Å². The van der Waals surface area contributed by atoms with Gasteiger partial charge < -0.3 is 10.8 Å². The normalized spacial score (nSPS) is 24.7. The molecule has 0 spiro atoms. The van der Waals surface area contributed by atoms with E-state index in [9.17, 15) is 5.11 Å². The van der Waals surface area contributed by atoms with Crippen molar-refractivity contribution in [1.29, 1.82) is 0 Å². The molecule has 2 heteroatoms. The number of aliphatic hydroxyl groups is 1. The molecule has 1 aliphatic rings. The quantitative estimate of drug-likeness (QED) is 0.839. The Morgan fingerprint density at radius 1 is 1.47 bits per heavy atom. The van der Waals surface area contributed by atoms with E-state index in [0.29, 0.717) is 6.54 Å². The standard InChI is InChI=1S/C15H23NO/c1-3-4-13(10-16)15(17)8-7-12-6-5-11(2)9-14(12)15/h5-6,9,13,17H,3-4,7-8,10,16H2,1-2H3. The number of hydrogen-bond acceptors (Lipinski definition) is 2. The molecule has 2 unspecified atom stereocenters. The van der Waals surface area contributed by atoms with Gasteiger partial charge in [0.05, 0.1) is 5.60 Å². The summed E-state index contributed by atoms with van der Waals surface area (Å²) >= 11 is 0. The Bertz CT molecular complexity index is 402. The van der Waals surface area contributed by atoms with E-state index in [1.54, 1.807) is 0 Å². The van der Waals surface area contributed by atoms with E-state index in [1.165, 1.54) is 11.1 Å². The molecule has 2 rings (SSSR count). The number of fused-ring (bicyclic) bond motifs is 1. The number of nitrogens with two attached hydrogens (primary N) is 1. The van der Waals surface area contributed by atoms with Crippen molar-refractivity contribution < 1.29 is 5.11 Å². The Labute approximate surface area is 104 Å². The van der Waals surface area contributed by atoms with Crippen LogP contribution in [0.4, 0.5) is 0 Å². The lowest BCUT2D eigenvalue weighted by Gasteiger charge is -2.33. The predicted octanol–water partition coefficient (Wildman–Crippen LogP) is 2.50. The Hall–Kier alpha value is -0.860. The van der Waals surface area contributed by atoms with E-state index in [4.69, 9.17) is 5.73 Å². The molecule has 17 heavy (non-hydrogen) atoms. The summed E-state index contributed by atoms with van der Waals surface area (Å²) in [5, 5.41) is 11.0. The number of hydrogen-bond donors (Lipinski definition) is 2. The van der Waals surface area contributed by atoms with Crippen LogP contribution >= 0.6 is 0 Å². The van der Waals surface area contributed by atoms with Gasteiger partial charge in [-0.25, -0.2) is 0 Å². The Morgan fingerprint density at radius 2 is 2.24 bits per heavy atom. The fourth-order valence-electron chi connectivity index (χ4n) is 3.10. The maximum absolute atomic E-state index is 11.0. The van der Waals surface area contributed by atoms with Gasteiger partial charge in [0.2, 0.25) is 0 Å². The first-order chi connectivity index (χ1) is 8.11. The zero-order valence-electron chi connectivity index (χ0n) is 10.9. The van der Waals surface area contributed by atoms with E-state index < -0.39 is 5.60 Å². The van der Waals surface area contributed by atoms with Crippen molar-refractivity contribution in [2.75, 3.05) is 6.54 Å². The van der Waals surface area contributed by atoms with Crippen LogP contribution in [0.2, 0.25) is 0 Å². The molecule has 1 aromatic carbocycles. The lowest BCUT2D eigenvalue weighted by molar-refractivity contribution is -0.0227. The van der Waals surface area contributed by atoms with E-state index in [-0.39, 0.29) is 5.92 Å². The van der Waals surface area contributed by atoms with Gasteiger partial charge in [0.15, 0.2) is 0 Å². The molecule has 0 radical (unpaired) electrons. The third-order valence-corrected chi connectivity index (χ3v) is 4.10. The topological polar surface area (TPSA) is 46.2 Å². The summed E-state index contributed by atoms with van der Waals surface area (Å²) in [4.78, 5) is 0. The predicted molar refractivity (Wildman–Crippen MR) is 70.8 cm³/mol. The van der Waals surface area contributed by atoms with E-state index >= 15 is 0 Å². The molecule has 0 fully saturated rings. The summed E-state index contributed by atoms with van der Waals surface area (Å²) in [6.07, 6.45) is 3.88. The summed E-state index contributed by atoms with van der Waals surface area (Å²) in [6, 6.07) is 6.42. The molecule has 94 valence electrons. The molecule has 0 aliphatic heterocycles. The summed E-state index contributed by atoms with van der Waals surface area (Å²) in [7, 11) is 0. The van der Waals surface area contributed by atoms with Gasteiger partial charge in [0.1, 0.15) is 0 Å².